The lowest BCUT2D eigenvalue weighted by molar-refractivity contribution is 0.600. The van der Waals surface area contributed by atoms with Crippen molar-refractivity contribution in [3.63, 3.8) is 0 Å². The van der Waals surface area contributed by atoms with Crippen molar-refractivity contribution in [2.24, 2.45) is 0 Å². The van der Waals surface area contributed by atoms with Crippen LogP contribution in [0.1, 0.15) is 12.5 Å². The van der Waals surface area contributed by atoms with Crippen LogP contribution < -0.4 is 4.72 Å². The van der Waals surface area contributed by atoms with Gasteiger partial charge < -0.3 is 0 Å². The number of aromatic nitrogens is 2. The van der Waals surface area contributed by atoms with Crippen molar-refractivity contribution in [3.05, 3.63) is 28.8 Å². The first kappa shape index (κ1) is 15.6. The second-order valence-electron chi connectivity index (χ2n) is 3.77. The van der Waals surface area contributed by atoms with Gasteiger partial charge in [0.15, 0.2) is 4.34 Å². The normalized spacial score (nSPS) is 11.6. The standard InChI is InChI=1S/C11H12ClN3O2S3/c1-3-18-11-14-13-10(19-11)15-20(16,17)9-6-4-5-8(12)7(9)2/h4-6H,3H2,1-2H3,(H,13,15). The third-order valence-electron chi connectivity index (χ3n) is 2.40. The number of rotatable bonds is 5. The SMILES string of the molecule is CCSc1nnc(NS(=O)(=O)c2cccc(Cl)c2C)s1. The predicted octanol–water partition coefficient (Wildman–Crippen LogP) is 3.41. The van der Waals surface area contributed by atoms with Crippen LogP contribution in [0.5, 0.6) is 0 Å². The Bertz CT molecular complexity index is 715. The number of hydrogen-bond donors (Lipinski definition) is 1. The summed E-state index contributed by atoms with van der Waals surface area (Å²) in [6, 6.07) is 4.76. The number of benzene rings is 1. The van der Waals surface area contributed by atoms with E-state index in [0.717, 1.165) is 10.1 Å². The molecule has 0 bridgehead atoms. The average molecular weight is 350 g/mol. The van der Waals surface area contributed by atoms with Crippen molar-refractivity contribution in [2.45, 2.75) is 23.1 Å². The molecule has 1 heterocycles. The molecular formula is C11H12ClN3O2S3. The molecule has 2 aromatic rings. The highest BCUT2D eigenvalue weighted by Gasteiger charge is 2.20. The van der Waals surface area contributed by atoms with Gasteiger partial charge in [-0.05, 0) is 30.4 Å². The van der Waals surface area contributed by atoms with E-state index in [1.54, 1.807) is 19.1 Å². The fourth-order valence-electron chi connectivity index (χ4n) is 1.48. The summed E-state index contributed by atoms with van der Waals surface area (Å²) in [5.41, 5.74) is 0.509. The molecule has 0 saturated heterocycles. The molecule has 0 fully saturated rings. The lowest BCUT2D eigenvalue weighted by Gasteiger charge is -2.08. The monoisotopic (exact) mass is 349 g/mol. The van der Waals surface area contributed by atoms with Crippen molar-refractivity contribution in [3.8, 4) is 0 Å². The van der Waals surface area contributed by atoms with Crippen LogP contribution in [-0.2, 0) is 10.0 Å². The van der Waals surface area contributed by atoms with Gasteiger partial charge in [0.25, 0.3) is 10.0 Å². The maximum absolute atomic E-state index is 12.3. The fraction of sp³-hybridized carbons (Fsp3) is 0.273. The van der Waals surface area contributed by atoms with Crippen molar-refractivity contribution in [1.82, 2.24) is 10.2 Å². The molecule has 1 N–H and O–H groups in total. The summed E-state index contributed by atoms with van der Waals surface area (Å²) >= 11 is 8.67. The number of halogens is 1. The average Bonchev–Trinajstić information content (AvgIpc) is 2.79. The van der Waals surface area contributed by atoms with Gasteiger partial charge in [-0.15, -0.1) is 10.2 Å². The Kier molecular flexibility index (Phi) is 4.90. The summed E-state index contributed by atoms with van der Waals surface area (Å²) in [6.45, 7) is 3.65. The van der Waals surface area contributed by atoms with Gasteiger partial charge in [0.2, 0.25) is 5.13 Å². The first-order valence-corrected chi connectivity index (χ1v) is 9.34. The van der Waals surface area contributed by atoms with Gasteiger partial charge in [0, 0.05) is 5.02 Å². The highest BCUT2D eigenvalue weighted by Crippen LogP contribution is 2.28. The van der Waals surface area contributed by atoms with Crippen LogP contribution in [-0.4, -0.2) is 24.4 Å². The molecule has 0 radical (unpaired) electrons. The van der Waals surface area contributed by atoms with Crippen LogP contribution >= 0.6 is 34.7 Å². The Morgan fingerprint density at radius 2 is 2.15 bits per heavy atom. The Labute approximate surface area is 130 Å². The third kappa shape index (κ3) is 3.43. The molecule has 0 spiro atoms. The lowest BCUT2D eigenvalue weighted by Crippen LogP contribution is -2.14. The van der Waals surface area contributed by atoms with E-state index in [1.165, 1.54) is 29.2 Å². The lowest BCUT2D eigenvalue weighted by atomic mass is 10.2. The molecule has 0 amide bonds. The van der Waals surface area contributed by atoms with E-state index in [0.29, 0.717) is 10.6 Å². The molecule has 5 nitrogen and oxygen atoms in total. The predicted molar refractivity (Wildman–Crippen MR) is 83.3 cm³/mol. The zero-order valence-electron chi connectivity index (χ0n) is 10.8. The van der Waals surface area contributed by atoms with Crippen LogP contribution in [0.25, 0.3) is 0 Å². The second-order valence-corrected chi connectivity index (χ2v) is 8.32. The van der Waals surface area contributed by atoms with E-state index >= 15 is 0 Å². The van der Waals surface area contributed by atoms with Crippen LogP contribution in [0.3, 0.4) is 0 Å². The minimum absolute atomic E-state index is 0.143. The Morgan fingerprint density at radius 3 is 2.85 bits per heavy atom. The molecule has 1 aromatic heterocycles. The molecule has 0 unspecified atom stereocenters. The van der Waals surface area contributed by atoms with Gasteiger partial charge in [-0.2, -0.15) is 0 Å². The number of anilines is 1. The van der Waals surface area contributed by atoms with Crippen molar-refractivity contribution >= 4 is 49.9 Å². The van der Waals surface area contributed by atoms with Crippen LogP contribution in [0.4, 0.5) is 5.13 Å². The summed E-state index contributed by atoms with van der Waals surface area (Å²) in [7, 11) is -3.70. The maximum Gasteiger partial charge on any atom is 0.264 e. The number of sulfonamides is 1. The number of thioether (sulfide) groups is 1. The van der Waals surface area contributed by atoms with E-state index in [9.17, 15) is 8.42 Å². The first-order valence-electron chi connectivity index (χ1n) is 5.68. The third-order valence-corrected chi connectivity index (χ3v) is 6.28. The van der Waals surface area contributed by atoms with Gasteiger partial charge in [0.05, 0.1) is 4.90 Å². The maximum atomic E-state index is 12.3. The fourth-order valence-corrected chi connectivity index (χ4v) is 4.86. The van der Waals surface area contributed by atoms with Crippen molar-refractivity contribution < 1.29 is 8.42 Å². The van der Waals surface area contributed by atoms with E-state index in [1.807, 2.05) is 6.92 Å². The van der Waals surface area contributed by atoms with E-state index in [-0.39, 0.29) is 10.0 Å². The van der Waals surface area contributed by atoms with E-state index < -0.39 is 10.0 Å². The van der Waals surface area contributed by atoms with Crippen LogP contribution in [0.2, 0.25) is 5.02 Å². The molecule has 1 aromatic carbocycles. The zero-order chi connectivity index (χ0) is 14.8. The largest absolute Gasteiger partial charge is 0.264 e. The molecule has 108 valence electrons. The first-order chi connectivity index (χ1) is 9.44. The smallest absolute Gasteiger partial charge is 0.253 e. The molecule has 0 aliphatic heterocycles. The number of hydrogen-bond acceptors (Lipinski definition) is 6. The summed E-state index contributed by atoms with van der Waals surface area (Å²) in [5.74, 6) is 0.856. The van der Waals surface area contributed by atoms with E-state index in [4.69, 9.17) is 11.6 Å². The molecular weight excluding hydrogens is 338 g/mol. The molecule has 0 saturated carbocycles. The molecule has 0 aliphatic carbocycles. The second kappa shape index (κ2) is 6.30. The van der Waals surface area contributed by atoms with Gasteiger partial charge in [-0.3, -0.25) is 4.72 Å². The van der Waals surface area contributed by atoms with Gasteiger partial charge >= 0.3 is 0 Å². The number of nitrogens with one attached hydrogen (secondary N) is 1. The van der Waals surface area contributed by atoms with Crippen molar-refractivity contribution in [1.29, 1.82) is 0 Å². The minimum Gasteiger partial charge on any atom is -0.253 e. The minimum atomic E-state index is -3.70. The van der Waals surface area contributed by atoms with Gasteiger partial charge in [0.1, 0.15) is 0 Å². The van der Waals surface area contributed by atoms with Crippen LogP contribution in [0, 0.1) is 6.92 Å². The quantitative estimate of drug-likeness (QED) is 0.837. The van der Waals surface area contributed by atoms with Crippen molar-refractivity contribution in [2.75, 3.05) is 10.5 Å². The Morgan fingerprint density at radius 1 is 1.40 bits per heavy atom. The summed E-state index contributed by atoms with van der Waals surface area (Å²) in [5, 5.41) is 8.38. The molecule has 0 aliphatic rings. The van der Waals surface area contributed by atoms with Gasteiger partial charge in [-0.1, -0.05) is 47.7 Å². The highest BCUT2D eigenvalue weighted by molar-refractivity contribution is 8.01. The molecule has 0 atom stereocenters. The topological polar surface area (TPSA) is 72.0 Å². The summed E-state index contributed by atoms with van der Waals surface area (Å²) < 4.78 is 27.8. The Balaban J connectivity index is 2.28. The Hall–Kier alpha value is -0.830. The van der Waals surface area contributed by atoms with Crippen LogP contribution in [0.15, 0.2) is 27.4 Å². The molecule has 2 rings (SSSR count). The number of nitrogens with zero attached hydrogens (tertiary/aromatic N) is 2. The van der Waals surface area contributed by atoms with Gasteiger partial charge in [-0.25, -0.2) is 8.42 Å². The highest BCUT2D eigenvalue weighted by atomic mass is 35.5. The summed E-state index contributed by atoms with van der Waals surface area (Å²) in [6.07, 6.45) is 0. The zero-order valence-corrected chi connectivity index (χ0v) is 14.0. The molecule has 9 heteroatoms. The summed E-state index contributed by atoms with van der Waals surface area (Å²) in [4.78, 5) is 0.143. The molecule has 20 heavy (non-hydrogen) atoms. The van der Waals surface area contributed by atoms with E-state index in [2.05, 4.69) is 14.9 Å².